The monoisotopic (exact) mass is 772 g/mol. The molecule has 0 saturated carbocycles. The highest BCUT2D eigenvalue weighted by atomic mass is 19.1. The van der Waals surface area contributed by atoms with Gasteiger partial charge in [0.25, 0.3) is 0 Å². The summed E-state index contributed by atoms with van der Waals surface area (Å²) in [6, 6.07) is -3.99. The zero-order valence-electron chi connectivity index (χ0n) is 32.0. The van der Waals surface area contributed by atoms with E-state index in [9.17, 15) is 42.3 Å². The van der Waals surface area contributed by atoms with Crippen LogP contribution in [-0.2, 0) is 44.7 Å². The average molecular weight is 773 g/mol. The van der Waals surface area contributed by atoms with E-state index in [1.165, 1.54) is 21.6 Å². The van der Waals surface area contributed by atoms with Crippen molar-refractivity contribution in [1.82, 2.24) is 30.7 Å². The van der Waals surface area contributed by atoms with Crippen molar-refractivity contribution in [1.29, 1.82) is 0 Å². The first kappa shape index (κ1) is 41.5. The van der Waals surface area contributed by atoms with Crippen LogP contribution in [0.25, 0.3) is 0 Å². The number of fused-ring (bicyclic) bond motifs is 3. The van der Waals surface area contributed by atoms with Crippen LogP contribution in [0.5, 0.6) is 0 Å². The van der Waals surface area contributed by atoms with Crippen LogP contribution in [-0.4, -0.2) is 119 Å². The first-order valence-corrected chi connectivity index (χ1v) is 19.7. The van der Waals surface area contributed by atoms with Crippen LogP contribution >= 0.6 is 0 Å². The summed E-state index contributed by atoms with van der Waals surface area (Å²) in [7, 11) is 0. The second-order valence-corrected chi connectivity index (χ2v) is 15.4. The Labute approximate surface area is 320 Å². The van der Waals surface area contributed by atoms with Crippen molar-refractivity contribution in [3.8, 4) is 0 Å². The third-order valence-corrected chi connectivity index (χ3v) is 11.0. The number of hydrogen-bond donors (Lipinski definition) is 3. The van der Waals surface area contributed by atoms with E-state index < -0.39 is 95.9 Å². The number of esters is 1. The normalized spacial score (nSPS) is 27.1. The topological polar surface area (TPSA) is 175 Å². The van der Waals surface area contributed by atoms with Crippen LogP contribution < -0.4 is 16.0 Å². The molecule has 0 radical (unpaired) electrons. The van der Waals surface area contributed by atoms with E-state index in [0.29, 0.717) is 44.6 Å². The Morgan fingerprint density at radius 3 is 2.27 bits per heavy atom. The molecular weight excluding hydrogens is 718 g/mol. The first-order valence-electron chi connectivity index (χ1n) is 19.7. The second-order valence-electron chi connectivity index (χ2n) is 15.4. The number of nitrogens with one attached hydrogen (secondary N) is 3. The van der Waals surface area contributed by atoms with Crippen molar-refractivity contribution in [2.45, 2.75) is 134 Å². The summed E-state index contributed by atoms with van der Waals surface area (Å²) in [5, 5.41) is 8.03. The predicted molar refractivity (Wildman–Crippen MR) is 195 cm³/mol. The van der Waals surface area contributed by atoms with Gasteiger partial charge in [-0.25, -0.2) is 13.6 Å². The first-order chi connectivity index (χ1) is 26.3. The quantitative estimate of drug-likeness (QED) is 0.240. The van der Waals surface area contributed by atoms with Gasteiger partial charge in [-0.05, 0) is 75.5 Å². The fourth-order valence-electron chi connectivity index (χ4n) is 8.14. The summed E-state index contributed by atoms with van der Waals surface area (Å²) in [6.45, 7) is 5.43. The van der Waals surface area contributed by atoms with Gasteiger partial charge in [-0.3, -0.25) is 28.8 Å². The molecule has 4 heterocycles. The smallest absolute Gasteiger partial charge is 0.328 e. The number of halogens is 2. The van der Waals surface area contributed by atoms with E-state index in [2.05, 4.69) is 16.0 Å². The number of carbonyl (C=O) groups is 7. The third-order valence-electron chi connectivity index (χ3n) is 11.0. The van der Waals surface area contributed by atoms with E-state index in [0.717, 1.165) is 31.4 Å². The van der Waals surface area contributed by atoms with Crippen LogP contribution in [0.2, 0.25) is 0 Å². The third kappa shape index (κ3) is 10.4. The van der Waals surface area contributed by atoms with Crippen LogP contribution in [0.1, 0.15) is 97.0 Å². The Bertz CT molecular complexity index is 1610. The van der Waals surface area contributed by atoms with Gasteiger partial charge in [0.05, 0.1) is 0 Å². The highest BCUT2D eigenvalue weighted by Crippen LogP contribution is 2.28. The standard InChI is InChI=1S/C39H54F2N6O8/c1-4-5-6-7-13-33(48)43-28(19-25-17-26(40)20-27(41)18-25)34(49)44-29-22-55-39(54)32-16-23(2)21-47(32)36(51)24(3)42-35(50)30-11-8-9-14-45(30)38(53)31-12-10-15-46(31)37(29)52/h17-18,20,23-24,28-32H,4-16,19,21-22H2,1-3H3,(H,42,50)(H,43,48)(H,44,49)/t23-,24+,28?,29+,30+,31+,32+/m1/s1. The Kier molecular flexibility index (Phi) is 14.2. The average Bonchev–Trinajstić information content (AvgIpc) is 3.80. The van der Waals surface area contributed by atoms with Gasteiger partial charge in [0.15, 0.2) is 0 Å². The number of carbonyl (C=O) groups excluding carboxylic acids is 7. The highest BCUT2D eigenvalue weighted by molar-refractivity contribution is 5.97. The highest BCUT2D eigenvalue weighted by Gasteiger charge is 2.46. The molecule has 16 heteroatoms. The molecule has 0 aromatic heterocycles. The fourth-order valence-corrected chi connectivity index (χ4v) is 8.14. The summed E-state index contributed by atoms with van der Waals surface area (Å²) in [6.07, 6.45) is 5.70. The molecule has 6 amide bonds. The Hall–Kier alpha value is -4.63. The predicted octanol–water partition coefficient (Wildman–Crippen LogP) is 2.12. The van der Waals surface area contributed by atoms with Crippen molar-refractivity contribution < 1.29 is 47.1 Å². The fraction of sp³-hybridized carbons (Fsp3) is 0.667. The number of hydrogen-bond acceptors (Lipinski definition) is 8. The lowest BCUT2D eigenvalue weighted by Crippen LogP contribution is -2.62. The van der Waals surface area contributed by atoms with Gasteiger partial charge in [0.2, 0.25) is 35.4 Å². The molecule has 3 N–H and O–H groups in total. The van der Waals surface area contributed by atoms with Gasteiger partial charge in [-0.1, -0.05) is 33.1 Å². The van der Waals surface area contributed by atoms with Crippen molar-refractivity contribution in [3.63, 3.8) is 0 Å². The minimum absolute atomic E-state index is 0.0827. The molecule has 7 atom stereocenters. The van der Waals surface area contributed by atoms with Crippen LogP contribution in [0, 0.1) is 17.6 Å². The zero-order chi connectivity index (χ0) is 39.8. The Balaban J connectivity index is 1.46. The number of nitrogens with zero attached hydrogens (tertiary/aromatic N) is 3. The Morgan fingerprint density at radius 2 is 1.55 bits per heavy atom. The minimum Gasteiger partial charge on any atom is -0.461 e. The number of amides is 6. The van der Waals surface area contributed by atoms with Crippen molar-refractivity contribution in [3.05, 3.63) is 35.4 Å². The van der Waals surface area contributed by atoms with Crippen molar-refractivity contribution in [2.75, 3.05) is 26.2 Å². The summed E-state index contributed by atoms with van der Waals surface area (Å²) >= 11 is 0. The van der Waals surface area contributed by atoms with Gasteiger partial charge in [0.1, 0.15) is 54.5 Å². The van der Waals surface area contributed by atoms with Crippen LogP contribution in [0.4, 0.5) is 8.78 Å². The number of cyclic esters (lactones) is 1. The molecule has 0 bridgehead atoms. The zero-order valence-corrected chi connectivity index (χ0v) is 32.0. The number of ether oxygens (including phenoxy) is 1. The molecule has 1 aromatic carbocycles. The van der Waals surface area contributed by atoms with Gasteiger partial charge < -0.3 is 35.4 Å². The van der Waals surface area contributed by atoms with Crippen LogP contribution in [0.3, 0.4) is 0 Å². The van der Waals surface area contributed by atoms with Gasteiger partial charge >= 0.3 is 5.97 Å². The summed E-state index contributed by atoms with van der Waals surface area (Å²) in [5.41, 5.74) is 0.0827. The maximum absolute atomic E-state index is 14.4. The van der Waals surface area contributed by atoms with Gasteiger partial charge in [-0.2, -0.15) is 0 Å². The molecule has 55 heavy (non-hydrogen) atoms. The summed E-state index contributed by atoms with van der Waals surface area (Å²) in [4.78, 5) is 101. The number of piperidine rings is 1. The molecule has 4 aliphatic rings. The minimum atomic E-state index is -1.53. The summed E-state index contributed by atoms with van der Waals surface area (Å²) in [5.74, 6) is -6.13. The lowest BCUT2D eigenvalue weighted by Gasteiger charge is -2.39. The maximum atomic E-state index is 14.4. The summed E-state index contributed by atoms with van der Waals surface area (Å²) < 4.78 is 34.1. The molecule has 4 saturated heterocycles. The van der Waals surface area contributed by atoms with Crippen molar-refractivity contribution in [2.24, 2.45) is 5.92 Å². The molecule has 4 aliphatic heterocycles. The molecule has 5 rings (SSSR count). The molecule has 0 aliphatic carbocycles. The SMILES string of the molecule is CCCCCCC(=O)NC(Cc1cc(F)cc(F)c1)C(=O)N[C@H]1COC(=O)[C@@H]2C[C@@H](C)CN2C(=O)[C@H](C)NC(=O)[C@@H]2CCCCN2C(=O)[C@@H]2CCCN2C1=O. The molecule has 4 fully saturated rings. The van der Waals surface area contributed by atoms with E-state index >= 15 is 0 Å². The maximum Gasteiger partial charge on any atom is 0.328 e. The van der Waals surface area contributed by atoms with E-state index in [1.54, 1.807) is 0 Å². The molecule has 302 valence electrons. The van der Waals surface area contributed by atoms with E-state index in [-0.39, 0.29) is 50.4 Å². The lowest BCUT2D eigenvalue weighted by atomic mass is 9.99. The number of unbranched alkanes of at least 4 members (excludes halogenated alkanes) is 3. The van der Waals surface area contributed by atoms with E-state index in [4.69, 9.17) is 4.74 Å². The van der Waals surface area contributed by atoms with Gasteiger partial charge in [-0.15, -0.1) is 0 Å². The van der Waals surface area contributed by atoms with Crippen LogP contribution in [0.15, 0.2) is 18.2 Å². The second kappa shape index (κ2) is 18.8. The van der Waals surface area contributed by atoms with Crippen molar-refractivity contribution >= 4 is 41.4 Å². The number of benzene rings is 1. The molecule has 1 aromatic rings. The largest absolute Gasteiger partial charge is 0.461 e. The Morgan fingerprint density at radius 1 is 0.855 bits per heavy atom. The molecule has 1 unspecified atom stereocenters. The lowest BCUT2D eigenvalue weighted by molar-refractivity contribution is -0.158. The molecule has 0 spiro atoms. The molecular formula is C39H54F2N6O8. The van der Waals surface area contributed by atoms with E-state index in [1.807, 2.05) is 13.8 Å². The van der Waals surface area contributed by atoms with Gasteiger partial charge in [0, 0.05) is 38.5 Å². The molecule has 14 nitrogen and oxygen atoms in total. The number of rotatable bonds is 10.